The van der Waals surface area contributed by atoms with E-state index in [-0.39, 0.29) is 17.1 Å². The molecule has 1 unspecified atom stereocenters. The van der Waals surface area contributed by atoms with Gasteiger partial charge in [-0.1, -0.05) is 0 Å². The van der Waals surface area contributed by atoms with Gasteiger partial charge in [-0.05, 0) is 31.5 Å². The number of halogens is 1. The van der Waals surface area contributed by atoms with Crippen molar-refractivity contribution in [3.8, 4) is 0 Å². The number of H-pyrrole nitrogens is 1. The molecule has 4 rings (SSSR count). The first-order valence-electron chi connectivity index (χ1n) is 8.09. The van der Waals surface area contributed by atoms with E-state index in [0.717, 1.165) is 18.8 Å². The molecule has 1 fully saturated rings. The van der Waals surface area contributed by atoms with Gasteiger partial charge in [-0.15, -0.1) is 0 Å². The van der Waals surface area contributed by atoms with Crippen LogP contribution in [0.2, 0.25) is 0 Å². The summed E-state index contributed by atoms with van der Waals surface area (Å²) in [6.45, 7) is 3.25. The molecule has 3 aromatic rings. The number of nitrogens with one attached hydrogen (secondary N) is 2. The number of aromatic nitrogens is 4. The predicted octanol–water partition coefficient (Wildman–Crippen LogP) is 1.81. The van der Waals surface area contributed by atoms with Crippen molar-refractivity contribution in [1.29, 1.82) is 0 Å². The number of benzene rings is 1. The average Bonchev–Trinajstić information content (AvgIpc) is 3.24. The molecule has 1 aromatic carbocycles. The van der Waals surface area contributed by atoms with Gasteiger partial charge in [0.25, 0.3) is 5.91 Å². The fraction of sp³-hybridized carbons (Fsp3) is 0.294. The quantitative estimate of drug-likeness (QED) is 0.759. The van der Waals surface area contributed by atoms with Crippen molar-refractivity contribution < 1.29 is 9.18 Å². The molecule has 3 heterocycles. The molecule has 8 heteroatoms. The van der Waals surface area contributed by atoms with Gasteiger partial charge in [0.15, 0.2) is 5.82 Å². The number of nitrogens with zero attached hydrogens (tertiary/aromatic N) is 4. The second-order valence-corrected chi connectivity index (χ2v) is 6.09. The van der Waals surface area contributed by atoms with E-state index in [2.05, 4.69) is 30.2 Å². The van der Waals surface area contributed by atoms with Crippen LogP contribution in [-0.4, -0.2) is 45.0 Å². The summed E-state index contributed by atoms with van der Waals surface area (Å²) >= 11 is 0. The third-order valence-electron chi connectivity index (χ3n) is 4.38. The monoisotopic (exact) mass is 340 g/mol. The number of hydrogen-bond donors (Lipinski definition) is 2. The highest BCUT2D eigenvalue weighted by atomic mass is 19.1. The maximum absolute atomic E-state index is 14.4. The van der Waals surface area contributed by atoms with Crippen LogP contribution in [0, 0.1) is 12.7 Å². The van der Waals surface area contributed by atoms with E-state index in [4.69, 9.17) is 0 Å². The number of imidazole rings is 1. The van der Waals surface area contributed by atoms with E-state index < -0.39 is 11.7 Å². The SMILES string of the molecule is Cc1nccc(N2CCC(NC(=O)c3ccc4[nH]cnc4c3F)C2)n1. The minimum atomic E-state index is -0.600. The van der Waals surface area contributed by atoms with Crippen LogP contribution in [0.3, 0.4) is 0 Å². The summed E-state index contributed by atoms with van der Waals surface area (Å²) in [6.07, 6.45) is 3.91. The Hall–Kier alpha value is -3.03. The molecule has 0 aliphatic carbocycles. The van der Waals surface area contributed by atoms with E-state index in [1.54, 1.807) is 12.3 Å². The molecule has 25 heavy (non-hydrogen) atoms. The molecule has 0 saturated carbocycles. The smallest absolute Gasteiger partial charge is 0.254 e. The number of carbonyl (C=O) groups is 1. The van der Waals surface area contributed by atoms with Gasteiger partial charge < -0.3 is 15.2 Å². The fourth-order valence-electron chi connectivity index (χ4n) is 3.12. The summed E-state index contributed by atoms with van der Waals surface area (Å²) < 4.78 is 14.4. The summed E-state index contributed by atoms with van der Waals surface area (Å²) in [5, 5.41) is 2.91. The molecule has 1 amide bonds. The van der Waals surface area contributed by atoms with Crippen molar-refractivity contribution in [3.05, 3.63) is 47.9 Å². The van der Waals surface area contributed by atoms with Crippen LogP contribution in [0.25, 0.3) is 11.0 Å². The minimum Gasteiger partial charge on any atom is -0.354 e. The third kappa shape index (κ3) is 2.90. The van der Waals surface area contributed by atoms with Crippen LogP contribution in [0.1, 0.15) is 22.6 Å². The van der Waals surface area contributed by atoms with E-state index in [9.17, 15) is 9.18 Å². The maximum atomic E-state index is 14.4. The Kier molecular flexibility index (Phi) is 3.79. The number of carbonyl (C=O) groups excluding carboxylic acids is 1. The topological polar surface area (TPSA) is 86.8 Å². The summed E-state index contributed by atoms with van der Waals surface area (Å²) in [7, 11) is 0. The highest BCUT2D eigenvalue weighted by molar-refractivity contribution is 5.98. The summed E-state index contributed by atoms with van der Waals surface area (Å²) in [6, 6.07) is 4.93. The van der Waals surface area contributed by atoms with Crippen molar-refractivity contribution in [3.63, 3.8) is 0 Å². The molecular formula is C17H17FN6O. The highest BCUT2D eigenvalue weighted by Crippen LogP contribution is 2.20. The van der Waals surface area contributed by atoms with Crippen LogP contribution in [-0.2, 0) is 0 Å². The van der Waals surface area contributed by atoms with Crippen LogP contribution in [0.15, 0.2) is 30.7 Å². The molecule has 7 nitrogen and oxygen atoms in total. The molecule has 0 bridgehead atoms. The Morgan fingerprint density at radius 2 is 2.24 bits per heavy atom. The second-order valence-electron chi connectivity index (χ2n) is 6.09. The number of anilines is 1. The average molecular weight is 340 g/mol. The van der Waals surface area contributed by atoms with Crippen LogP contribution in [0.5, 0.6) is 0 Å². The first kappa shape index (κ1) is 15.5. The van der Waals surface area contributed by atoms with E-state index in [0.29, 0.717) is 17.9 Å². The largest absolute Gasteiger partial charge is 0.354 e. The first-order valence-corrected chi connectivity index (χ1v) is 8.09. The number of amides is 1. The van der Waals surface area contributed by atoms with Crippen molar-refractivity contribution in [1.82, 2.24) is 25.3 Å². The minimum absolute atomic E-state index is 0.0101. The van der Waals surface area contributed by atoms with Crippen molar-refractivity contribution in [2.75, 3.05) is 18.0 Å². The lowest BCUT2D eigenvalue weighted by Crippen LogP contribution is -2.37. The maximum Gasteiger partial charge on any atom is 0.254 e. The number of fused-ring (bicyclic) bond motifs is 1. The van der Waals surface area contributed by atoms with E-state index in [1.165, 1.54) is 12.4 Å². The lowest BCUT2D eigenvalue weighted by Gasteiger charge is -2.18. The Bertz CT molecular complexity index is 940. The fourth-order valence-corrected chi connectivity index (χ4v) is 3.12. The summed E-state index contributed by atoms with van der Waals surface area (Å²) in [5.41, 5.74) is 0.758. The van der Waals surface area contributed by atoms with Crippen LogP contribution in [0.4, 0.5) is 10.2 Å². The van der Waals surface area contributed by atoms with E-state index in [1.807, 2.05) is 13.0 Å². The molecule has 1 aliphatic heterocycles. The molecule has 2 aromatic heterocycles. The lowest BCUT2D eigenvalue weighted by molar-refractivity contribution is 0.0936. The zero-order valence-electron chi connectivity index (χ0n) is 13.7. The molecule has 2 N–H and O–H groups in total. The zero-order chi connectivity index (χ0) is 17.4. The Labute approximate surface area is 143 Å². The first-order chi connectivity index (χ1) is 12.1. The van der Waals surface area contributed by atoms with Gasteiger partial charge in [0.2, 0.25) is 0 Å². The van der Waals surface area contributed by atoms with E-state index >= 15 is 0 Å². The lowest BCUT2D eigenvalue weighted by atomic mass is 10.1. The molecule has 128 valence electrons. The molecule has 0 radical (unpaired) electrons. The molecule has 1 atom stereocenters. The molecule has 1 aliphatic rings. The van der Waals surface area contributed by atoms with Gasteiger partial charge in [0.05, 0.1) is 17.4 Å². The standard InChI is InChI=1S/C17H17FN6O/c1-10-19-6-4-14(22-10)24-7-5-11(8-24)23-17(25)12-2-3-13-16(15(12)18)21-9-20-13/h2-4,6,9,11H,5,7-8H2,1H3,(H,20,21)(H,23,25). The van der Waals surface area contributed by atoms with Gasteiger partial charge in [-0.25, -0.2) is 19.3 Å². The van der Waals surface area contributed by atoms with Gasteiger partial charge in [-0.2, -0.15) is 0 Å². The Morgan fingerprint density at radius 1 is 1.36 bits per heavy atom. The van der Waals surface area contributed by atoms with Crippen LogP contribution < -0.4 is 10.2 Å². The molecular weight excluding hydrogens is 323 g/mol. The van der Waals surface area contributed by atoms with Crippen molar-refractivity contribution in [2.45, 2.75) is 19.4 Å². The Balaban J connectivity index is 1.47. The highest BCUT2D eigenvalue weighted by Gasteiger charge is 2.26. The third-order valence-corrected chi connectivity index (χ3v) is 4.38. The van der Waals surface area contributed by atoms with Gasteiger partial charge >= 0.3 is 0 Å². The Morgan fingerprint density at radius 3 is 3.08 bits per heavy atom. The van der Waals surface area contributed by atoms with Gasteiger partial charge in [-0.3, -0.25) is 4.79 Å². The van der Waals surface area contributed by atoms with Crippen molar-refractivity contribution >= 4 is 22.8 Å². The van der Waals surface area contributed by atoms with Gasteiger partial charge in [0.1, 0.15) is 17.2 Å². The number of aromatic amines is 1. The molecule has 1 saturated heterocycles. The summed E-state index contributed by atoms with van der Waals surface area (Å²) in [5.74, 6) is 0.526. The number of hydrogen-bond acceptors (Lipinski definition) is 5. The number of aryl methyl sites for hydroxylation is 1. The number of rotatable bonds is 3. The predicted molar refractivity (Wildman–Crippen MR) is 90.9 cm³/mol. The zero-order valence-corrected chi connectivity index (χ0v) is 13.7. The molecule has 0 spiro atoms. The van der Waals surface area contributed by atoms with Crippen molar-refractivity contribution in [2.24, 2.45) is 0 Å². The van der Waals surface area contributed by atoms with Crippen LogP contribution >= 0.6 is 0 Å². The summed E-state index contributed by atoms with van der Waals surface area (Å²) in [4.78, 5) is 29.8. The van der Waals surface area contributed by atoms with Gasteiger partial charge in [0, 0.05) is 25.3 Å². The normalized spacial score (nSPS) is 17.2. The second kappa shape index (κ2) is 6.12.